The van der Waals surface area contributed by atoms with E-state index in [1.165, 1.54) is 0 Å². The van der Waals surface area contributed by atoms with Gasteiger partial charge in [0.15, 0.2) is 0 Å². The van der Waals surface area contributed by atoms with Crippen LogP contribution in [0.4, 0.5) is 5.69 Å². The zero-order chi connectivity index (χ0) is 20.4. The van der Waals surface area contributed by atoms with E-state index in [2.05, 4.69) is 5.32 Å². The maximum Gasteiger partial charge on any atom is 0.341 e. The summed E-state index contributed by atoms with van der Waals surface area (Å²) in [4.78, 5) is 25.1. The van der Waals surface area contributed by atoms with Crippen LogP contribution < -0.4 is 10.1 Å². The summed E-state index contributed by atoms with van der Waals surface area (Å²) in [6.45, 7) is 12.1. The number of hydrogen-bond donors (Lipinski definition) is 1. The van der Waals surface area contributed by atoms with Crippen molar-refractivity contribution in [1.82, 2.24) is 0 Å². The summed E-state index contributed by atoms with van der Waals surface area (Å²) in [5.74, 6) is -0.284. The normalized spacial score (nSPS) is 13.1. The molecule has 0 fully saturated rings. The lowest BCUT2D eigenvalue weighted by molar-refractivity contribution is -0.140. The van der Waals surface area contributed by atoms with Crippen LogP contribution in [0, 0.1) is 0 Å². The number of carbonyl (C=O) groups excluding carboxylic acids is 2. The van der Waals surface area contributed by atoms with Gasteiger partial charge in [-0.15, -0.1) is 0 Å². The van der Waals surface area contributed by atoms with Crippen molar-refractivity contribution >= 4 is 17.6 Å². The molecule has 1 aromatic rings. The van der Waals surface area contributed by atoms with E-state index in [-0.39, 0.29) is 24.2 Å². The molecule has 1 atom stereocenters. The van der Waals surface area contributed by atoms with E-state index in [0.29, 0.717) is 24.5 Å². The molecule has 0 radical (unpaired) electrons. The van der Waals surface area contributed by atoms with E-state index >= 15 is 0 Å². The Bertz CT molecular complexity index is 629. The number of rotatable bonds is 11. The van der Waals surface area contributed by atoms with Crippen molar-refractivity contribution < 1.29 is 23.8 Å². The lowest BCUT2D eigenvalue weighted by Crippen LogP contribution is -2.43. The molecule has 1 aromatic carbocycles. The first-order valence-electron chi connectivity index (χ1n) is 9.70. The second-order valence-electron chi connectivity index (χ2n) is 6.88. The Morgan fingerprint density at radius 3 is 2.41 bits per heavy atom. The average molecular weight is 379 g/mol. The highest BCUT2D eigenvalue weighted by Crippen LogP contribution is 2.27. The van der Waals surface area contributed by atoms with Crippen molar-refractivity contribution in [3.05, 3.63) is 23.8 Å². The van der Waals surface area contributed by atoms with Gasteiger partial charge in [0.1, 0.15) is 16.9 Å². The molecule has 0 aromatic heterocycles. The number of ether oxygens (including phenoxy) is 3. The summed E-state index contributed by atoms with van der Waals surface area (Å²) in [6.07, 6.45) is 2.18. The smallest absolute Gasteiger partial charge is 0.341 e. The van der Waals surface area contributed by atoms with Crippen LogP contribution in [-0.2, 0) is 14.3 Å². The molecule has 0 spiro atoms. The fourth-order valence-electron chi connectivity index (χ4n) is 2.65. The van der Waals surface area contributed by atoms with E-state index in [0.717, 1.165) is 12.8 Å². The number of carbonyl (C=O) groups is 2. The molecule has 0 bridgehead atoms. The molecule has 1 unspecified atom stereocenters. The summed E-state index contributed by atoms with van der Waals surface area (Å²) in [5, 5.41) is 2.87. The molecule has 6 nitrogen and oxygen atoms in total. The van der Waals surface area contributed by atoms with Crippen LogP contribution >= 0.6 is 0 Å². The summed E-state index contributed by atoms with van der Waals surface area (Å²) in [7, 11) is 0. The van der Waals surface area contributed by atoms with Gasteiger partial charge in [0, 0.05) is 12.3 Å². The molecule has 0 heterocycles. The molecule has 0 aliphatic carbocycles. The van der Waals surface area contributed by atoms with Crippen molar-refractivity contribution in [3.63, 3.8) is 0 Å². The Hall–Kier alpha value is -2.08. The number of hydrogen-bond acceptors (Lipinski definition) is 5. The molecule has 0 saturated carbocycles. The number of esters is 1. The first-order chi connectivity index (χ1) is 12.8. The predicted octanol–water partition coefficient (Wildman–Crippen LogP) is 4.57. The van der Waals surface area contributed by atoms with E-state index in [1.807, 2.05) is 27.7 Å². The van der Waals surface area contributed by atoms with Gasteiger partial charge in [0.05, 0.1) is 12.7 Å². The van der Waals surface area contributed by atoms with Crippen LogP contribution in [0.5, 0.6) is 5.75 Å². The third-order valence-corrected chi connectivity index (χ3v) is 3.93. The van der Waals surface area contributed by atoms with Crippen LogP contribution in [-0.4, -0.2) is 36.8 Å². The van der Waals surface area contributed by atoms with Gasteiger partial charge < -0.3 is 19.5 Å². The Labute approximate surface area is 162 Å². The highest BCUT2D eigenvalue weighted by atomic mass is 16.5. The minimum Gasteiger partial charge on any atom is -0.490 e. The molecule has 27 heavy (non-hydrogen) atoms. The largest absolute Gasteiger partial charge is 0.490 e. The summed E-state index contributed by atoms with van der Waals surface area (Å²) < 4.78 is 16.6. The van der Waals surface area contributed by atoms with Crippen molar-refractivity contribution in [2.75, 3.05) is 18.5 Å². The van der Waals surface area contributed by atoms with Gasteiger partial charge in [-0.25, -0.2) is 4.79 Å². The third-order valence-electron chi connectivity index (χ3n) is 3.93. The molecule has 1 N–H and O–H groups in total. The lowest BCUT2D eigenvalue weighted by atomic mass is 9.98. The Morgan fingerprint density at radius 2 is 1.85 bits per heavy atom. The van der Waals surface area contributed by atoms with Crippen LogP contribution in [0.3, 0.4) is 0 Å². The van der Waals surface area contributed by atoms with E-state index in [9.17, 15) is 9.59 Å². The molecular formula is C21H33NO5. The van der Waals surface area contributed by atoms with Crippen molar-refractivity contribution in [3.8, 4) is 5.75 Å². The molecule has 0 aliphatic heterocycles. The van der Waals surface area contributed by atoms with Crippen molar-refractivity contribution in [2.24, 2.45) is 0 Å². The Morgan fingerprint density at radius 1 is 1.15 bits per heavy atom. The maximum atomic E-state index is 12.8. The third kappa shape index (κ3) is 6.86. The van der Waals surface area contributed by atoms with Gasteiger partial charge in [-0.3, -0.25) is 4.79 Å². The zero-order valence-corrected chi connectivity index (χ0v) is 17.4. The molecule has 152 valence electrons. The van der Waals surface area contributed by atoms with Crippen LogP contribution in [0.2, 0.25) is 0 Å². The molecular weight excluding hydrogens is 346 g/mol. The summed E-state index contributed by atoms with van der Waals surface area (Å²) in [5.41, 5.74) is -0.126. The molecule has 1 amide bonds. The Kier molecular flexibility index (Phi) is 9.29. The fourth-order valence-corrected chi connectivity index (χ4v) is 2.65. The van der Waals surface area contributed by atoms with Gasteiger partial charge in [0.25, 0.3) is 5.91 Å². The monoisotopic (exact) mass is 379 g/mol. The van der Waals surface area contributed by atoms with Crippen LogP contribution in [0.25, 0.3) is 0 Å². The first-order valence-corrected chi connectivity index (χ1v) is 9.70. The molecule has 0 saturated heterocycles. The minimum atomic E-state index is -0.915. The molecule has 0 aliphatic rings. The second-order valence-corrected chi connectivity index (χ2v) is 6.88. The van der Waals surface area contributed by atoms with Gasteiger partial charge >= 0.3 is 5.97 Å². The zero-order valence-electron chi connectivity index (χ0n) is 17.4. The maximum absolute atomic E-state index is 12.8. The van der Waals surface area contributed by atoms with E-state index in [4.69, 9.17) is 14.2 Å². The number of amides is 1. The second kappa shape index (κ2) is 10.9. The van der Waals surface area contributed by atoms with Gasteiger partial charge in [0.2, 0.25) is 0 Å². The molecule has 6 heteroatoms. The van der Waals surface area contributed by atoms with Gasteiger partial charge in [-0.1, -0.05) is 20.3 Å². The summed E-state index contributed by atoms with van der Waals surface area (Å²) >= 11 is 0. The quantitative estimate of drug-likeness (QED) is 0.570. The average Bonchev–Trinajstić information content (AvgIpc) is 2.61. The molecule has 1 rings (SSSR count). The number of anilines is 1. The van der Waals surface area contributed by atoms with Gasteiger partial charge in [-0.05, 0) is 58.7 Å². The van der Waals surface area contributed by atoms with E-state index < -0.39 is 11.6 Å². The standard InChI is InChI=1S/C21H33NO5/c1-7-12-21(6,26-13-8-2)20(24)22-16-10-11-18(27-15(4)5)17(14-16)19(23)25-9-3/h10-11,14-15H,7-9,12-13H2,1-6H3,(H,22,24). The topological polar surface area (TPSA) is 73.9 Å². The first kappa shape index (κ1) is 23.0. The SMILES string of the molecule is CCCOC(C)(CCC)C(=O)Nc1ccc(OC(C)C)c(C(=O)OCC)c1. The summed E-state index contributed by atoms with van der Waals surface area (Å²) in [6, 6.07) is 4.97. The highest BCUT2D eigenvalue weighted by Gasteiger charge is 2.33. The van der Waals surface area contributed by atoms with E-state index in [1.54, 1.807) is 32.0 Å². The van der Waals surface area contributed by atoms with Crippen molar-refractivity contribution in [1.29, 1.82) is 0 Å². The number of nitrogens with one attached hydrogen (secondary N) is 1. The Balaban J connectivity index is 3.09. The predicted molar refractivity (Wildman–Crippen MR) is 106 cm³/mol. The number of benzene rings is 1. The van der Waals surface area contributed by atoms with Gasteiger partial charge in [-0.2, -0.15) is 0 Å². The lowest BCUT2D eigenvalue weighted by Gasteiger charge is -2.28. The fraction of sp³-hybridized carbons (Fsp3) is 0.619. The van der Waals surface area contributed by atoms with Crippen molar-refractivity contribution in [2.45, 2.75) is 72.5 Å². The van der Waals surface area contributed by atoms with Crippen LogP contribution in [0.1, 0.15) is 71.2 Å². The minimum absolute atomic E-state index is 0.0890. The highest BCUT2D eigenvalue weighted by molar-refractivity contribution is 5.99. The van der Waals surface area contributed by atoms with Crippen LogP contribution in [0.15, 0.2) is 18.2 Å².